The molecule has 3 heterocycles. The number of para-hydroxylation sites is 1. The Hall–Kier alpha value is -5.12. The minimum atomic E-state index is -0.817. The first-order valence-corrected chi connectivity index (χ1v) is 11.7. The quantitative estimate of drug-likeness (QED) is 0.346. The molecule has 0 saturated carbocycles. The molecule has 6 aromatic rings. The molecule has 188 valence electrons. The second-order valence-corrected chi connectivity index (χ2v) is 8.84. The molecule has 8 nitrogen and oxygen atoms in total. The summed E-state index contributed by atoms with van der Waals surface area (Å²) in [5.41, 5.74) is 7.79. The van der Waals surface area contributed by atoms with Crippen LogP contribution in [-0.4, -0.2) is 29.4 Å². The van der Waals surface area contributed by atoms with Gasteiger partial charge in [-0.3, -0.25) is 9.36 Å². The van der Waals surface area contributed by atoms with Crippen LogP contribution in [0.4, 0.5) is 14.6 Å². The lowest BCUT2D eigenvalue weighted by Gasteiger charge is -2.21. The molecule has 3 aromatic carbocycles. The highest BCUT2D eigenvalue weighted by molar-refractivity contribution is 5.98. The normalized spacial score (nSPS) is 12.3. The predicted molar refractivity (Wildman–Crippen MR) is 140 cm³/mol. The third-order valence-electron chi connectivity index (χ3n) is 6.57. The number of nitrogen functional groups attached to an aromatic ring is 1. The average molecular weight is 511 g/mol. The molecule has 3 aromatic heterocycles. The fraction of sp³-hybridized carbons (Fsp3) is 0.0714. The molecular weight excluding hydrogens is 490 g/mol. The Morgan fingerprint density at radius 3 is 2.47 bits per heavy atom. The van der Waals surface area contributed by atoms with E-state index in [0.29, 0.717) is 39.1 Å². The molecule has 0 amide bonds. The second-order valence-electron chi connectivity index (χ2n) is 8.84. The van der Waals surface area contributed by atoms with E-state index >= 15 is 0 Å². The first kappa shape index (κ1) is 23.3. The Labute approximate surface area is 214 Å². The topological polar surface area (TPSA) is 112 Å². The Morgan fingerprint density at radius 2 is 1.71 bits per heavy atom. The van der Waals surface area contributed by atoms with Gasteiger partial charge in [0.05, 0.1) is 22.5 Å². The van der Waals surface area contributed by atoms with E-state index in [1.165, 1.54) is 29.1 Å². The van der Waals surface area contributed by atoms with Crippen LogP contribution < -0.4 is 11.3 Å². The zero-order valence-corrected chi connectivity index (χ0v) is 20.0. The van der Waals surface area contributed by atoms with Gasteiger partial charge in [0.1, 0.15) is 23.7 Å². The first-order chi connectivity index (χ1) is 18.3. The van der Waals surface area contributed by atoms with Gasteiger partial charge in [-0.2, -0.15) is 5.10 Å². The molecule has 0 fully saturated rings. The number of anilines is 1. The van der Waals surface area contributed by atoms with Gasteiger partial charge in [-0.15, -0.1) is 0 Å². The summed E-state index contributed by atoms with van der Waals surface area (Å²) < 4.78 is 32.1. The van der Waals surface area contributed by atoms with Gasteiger partial charge in [-0.05, 0) is 54.8 Å². The van der Waals surface area contributed by atoms with Gasteiger partial charge < -0.3 is 10.8 Å². The number of hydrogen-bond donors (Lipinski definition) is 2. The molecular formula is C28H20F2N6O2. The van der Waals surface area contributed by atoms with E-state index in [-0.39, 0.29) is 11.2 Å². The summed E-state index contributed by atoms with van der Waals surface area (Å²) in [6.07, 6.45) is 1.30. The summed E-state index contributed by atoms with van der Waals surface area (Å²) >= 11 is 0. The fourth-order valence-corrected chi connectivity index (χ4v) is 4.74. The van der Waals surface area contributed by atoms with Gasteiger partial charge in [-0.1, -0.05) is 30.3 Å². The second kappa shape index (κ2) is 8.77. The van der Waals surface area contributed by atoms with Crippen LogP contribution in [0.25, 0.3) is 38.8 Å². The maximum atomic E-state index is 14.8. The van der Waals surface area contributed by atoms with Crippen molar-refractivity contribution < 1.29 is 13.9 Å². The van der Waals surface area contributed by atoms with E-state index in [9.17, 15) is 18.7 Å². The van der Waals surface area contributed by atoms with Crippen LogP contribution in [0, 0.1) is 11.6 Å². The molecule has 0 bridgehead atoms. The van der Waals surface area contributed by atoms with Gasteiger partial charge in [0.25, 0.3) is 5.56 Å². The van der Waals surface area contributed by atoms with Crippen molar-refractivity contribution in [3.63, 3.8) is 0 Å². The molecule has 10 heteroatoms. The molecule has 1 unspecified atom stereocenters. The Balaban J connectivity index is 1.65. The number of hydrogen-bond acceptors (Lipinski definition) is 6. The van der Waals surface area contributed by atoms with Crippen molar-refractivity contribution >= 4 is 27.6 Å². The van der Waals surface area contributed by atoms with Crippen molar-refractivity contribution in [2.75, 3.05) is 5.73 Å². The summed E-state index contributed by atoms with van der Waals surface area (Å²) in [4.78, 5) is 22.2. The highest BCUT2D eigenvalue weighted by Gasteiger charge is 2.25. The van der Waals surface area contributed by atoms with Crippen LogP contribution >= 0.6 is 0 Å². The smallest absolute Gasteiger partial charge is 0.266 e. The standard InChI is InChI=1S/C28H20F2N6O2/c1-15(21-13-16-6-5-9-19(29)23(16)28(38)35(21)18-7-3-2-4-8-18)36-27-24(26(31)32-14-33-27)25(34-36)17-10-11-22(37)20(30)12-17/h2-15,37H,1H3,(H2,31,32,33). The van der Waals surface area contributed by atoms with Gasteiger partial charge in [-0.25, -0.2) is 23.4 Å². The molecule has 6 rings (SSSR count). The molecule has 0 aliphatic heterocycles. The van der Waals surface area contributed by atoms with Crippen LogP contribution in [0.2, 0.25) is 0 Å². The number of benzene rings is 3. The number of nitrogens with zero attached hydrogens (tertiary/aromatic N) is 5. The number of phenolic OH excluding ortho intramolecular Hbond substituents is 1. The summed E-state index contributed by atoms with van der Waals surface area (Å²) in [5, 5.41) is 15.2. The fourth-order valence-electron chi connectivity index (χ4n) is 4.74. The maximum absolute atomic E-state index is 14.8. The summed E-state index contributed by atoms with van der Waals surface area (Å²) in [6, 6.07) is 18.4. The number of nitrogens with two attached hydrogens (primary N) is 1. The highest BCUT2D eigenvalue weighted by atomic mass is 19.1. The van der Waals surface area contributed by atoms with Crippen LogP contribution in [-0.2, 0) is 0 Å². The van der Waals surface area contributed by atoms with Crippen molar-refractivity contribution in [1.29, 1.82) is 0 Å². The lowest BCUT2D eigenvalue weighted by atomic mass is 10.1. The van der Waals surface area contributed by atoms with Gasteiger partial charge >= 0.3 is 0 Å². The first-order valence-electron chi connectivity index (χ1n) is 11.7. The number of fused-ring (bicyclic) bond motifs is 2. The molecule has 38 heavy (non-hydrogen) atoms. The van der Waals surface area contributed by atoms with E-state index in [4.69, 9.17) is 10.8 Å². The monoisotopic (exact) mass is 510 g/mol. The zero-order valence-electron chi connectivity index (χ0n) is 20.0. The van der Waals surface area contributed by atoms with Gasteiger partial charge in [0.2, 0.25) is 0 Å². The largest absolute Gasteiger partial charge is 0.505 e. The maximum Gasteiger partial charge on any atom is 0.266 e. The van der Waals surface area contributed by atoms with Gasteiger partial charge in [0, 0.05) is 11.3 Å². The van der Waals surface area contributed by atoms with Crippen molar-refractivity contribution in [2.45, 2.75) is 13.0 Å². The summed E-state index contributed by atoms with van der Waals surface area (Å²) in [5.74, 6) is -1.79. The Kier molecular flexibility index (Phi) is 5.37. The average Bonchev–Trinajstić information content (AvgIpc) is 3.31. The van der Waals surface area contributed by atoms with E-state index < -0.39 is 29.0 Å². The third kappa shape index (κ3) is 3.57. The summed E-state index contributed by atoms with van der Waals surface area (Å²) in [7, 11) is 0. The van der Waals surface area contributed by atoms with E-state index in [1.807, 2.05) is 13.0 Å². The molecule has 0 spiro atoms. The number of pyridine rings is 1. The highest BCUT2D eigenvalue weighted by Crippen LogP contribution is 2.35. The molecule has 1 atom stereocenters. The number of aromatic hydroxyl groups is 1. The third-order valence-corrected chi connectivity index (χ3v) is 6.57. The number of halogens is 2. The minimum Gasteiger partial charge on any atom is -0.505 e. The SMILES string of the molecule is CC(c1cc2cccc(F)c2c(=O)n1-c1ccccc1)n1nc(-c2ccc(O)c(F)c2)c2c(N)ncnc21. The zero-order chi connectivity index (χ0) is 26.6. The molecule has 0 aliphatic rings. The Bertz CT molecular complexity index is 1920. The lowest BCUT2D eigenvalue weighted by Crippen LogP contribution is -2.26. The molecule has 0 aliphatic carbocycles. The lowest BCUT2D eigenvalue weighted by molar-refractivity contribution is 0.432. The minimum absolute atomic E-state index is 0.0237. The van der Waals surface area contributed by atoms with Crippen molar-refractivity contribution in [3.8, 4) is 22.7 Å². The van der Waals surface area contributed by atoms with Crippen LogP contribution in [0.1, 0.15) is 18.7 Å². The van der Waals surface area contributed by atoms with Crippen LogP contribution in [0.15, 0.2) is 83.9 Å². The molecule has 0 saturated heterocycles. The van der Waals surface area contributed by atoms with Crippen LogP contribution in [0.5, 0.6) is 5.75 Å². The number of aromatic nitrogens is 5. The number of rotatable bonds is 4. The van der Waals surface area contributed by atoms with E-state index in [1.54, 1.807) is 47.1 Å². The van der Waals surface area contributed by atoms with Crippen LogP contribution in [0.3, 0.4) is 0 Å². The Morgan fingerprint density at radius 1 is 0.921 bits per heavy atom. The van der Waals surface area contributed by atoms with Crippen molar-refractivity contribution in [1.82, 2.24) is 24.3 Å². The predicted octanol–water partition coefficient (Wildman–Crippen LogP) is 4.97. The van der Waals surface area contributed by atoms with Crippen molar-refractivity contribution in [2.24, 2.45) is 0 Å². The van der Waals surface area contributed by atoms with E-state index in [2.05, 4.69) is 9.97 Å². The summed E-state index contributed by atoms with van der Waals surface area (Å²) in [6.45, 7) is 1.82. The van der Waals surface area contributed by atoms with Crippen molar-refractivity contribution in [3.05, 3.63) is 107 Å². The molecule has 0 radical (unpaired) electrons. The van der Waals surface area contributed by atoms with Gasteiger partial charge in [0.15, 0.2) is 17.2 Å². The number of phenols is 1. The molecule has 3 N–H and O–H groups in total. The van der Waals surface area contributed by atoms with E-state index in [0.717, 1.165) is 6.07 Å².